The summed E-state index contributed by atoms with van der Waals surface area (Å²) in [6.07, 6.45) is -4.47. The summed E-state index contributed by atoms with van der Waals surface area (Å²) in [4.78, 5) is 34.6. The Bertz CT molecular complexity index is 712. The molecule has 0 saturated carbocycles. The molecule has 1 N–H and O–H groups in total. The molecule has 0 saturated heterocycles. The summed E-state index contributed by atoms with van der Waals surface area (Å²) in [7, 11) is 3.26. The van der Waals surface area contributed by atoms with Gasteiger partial charge in [0.25, 0.3) is 5.78 Å². The first-order valence-corrected chi connectivity index (χ1v) is 6.58. The molecule has 0 aromatic heterocycles. The number of ketones is 1. The van der Waals surface area contributed by atoms with Gasteiger partial charge in [0.15, 0.2) is 0 Å². The zero-order valence-corrected chi connectivity index (χ0v) is 13.4. The molecule has 0 aliphatic carbocycles. The van der Waals surface area contributed by atoms with Gasteiger partial charge in [-0.15, -0.1) is 0 Å². The van der Waals surface area contributed by atoms with E-state index in [9.17, 15) is 27.6 Å². The van der Waals surface area contributed by atoms with E-state index < -0.39 is 35.2 Å². The van der Waals surface area contributed by atoms with Gasteiger partial charge in [-0.3, -0.25) is 4.79 Å². The number of rotatable bonds is 6. The molecule has 0 aliphatic heterocycles. The number of ether oxygens (including phenoxy) is 3. The number of nitrogens with one attached hydrogen (secondary N) is 1. The predicted octanol–water partition coefficient (Wildman–Crippen LogP) is 2.08. The number of hydrogen-bond donors (Lipinski definition) is 1. The largest absolute Gasteiger partial charge is 0.497 e. The van der Waals surface area contributed by atoms with Crippen molar-refractivity contribution in [3.8, 4) is 5.75 Å². The normalized spacial score (nSPS) is 11.5. The van der Waals surface area contributed by atoms with Gasteiger partial charge in [0, 0.05) is 0 Å². The average Bonchev–Trinajstić information content (AvgIpc) is 2.58. The molecule has 7 nitrogen and oxygen atoms in total. The second-order valence-corrected chi connectivity index (χ2v) is 4.44. The fraction of sp³-hybridized carbons (Fsp3) is 0.267. The highest BCUT2D eigenvalue weighted by atomic mass is 19.4. The molecule has 1 aromatic carbocycles. The molecular formula is C15H14F3NO6. The Morgan fingerprint density at radius 2 is 1.72 bits per heavy atom. The van der Waals surface area contributed by atoms with Gasteiger partial charge in [-0.25, -0.2) is 9.59 Å². The van der Waals surface area contributed by atoms with E-state index in [1.54, 1.807) is 0 Å². The lowest BCUT2D eigenvalue weighted by atomic mass is 10.1. The maximum absolute atomic E-state index is 12.8. The molecule has 25 heavy (non-hydrogen) atoms. The maximum atomic E-state index is 12.8. The average molecular weight is 361 g/mol. The molecule has 0 unspecified atom stereocenters. The molecule has 0 amide bonds. The van der Waals surface area contributed by atoms with Crippen LogP contribution in [0, 0.1) is 0 Å². The number of benzene rings is 1. The molecule has 0 heterocycles. The Hall–Kier alpha value is -3.04. The van der Waals surface area contributed by atoms with Crippen LogP contribution in [0.2, 0.25) is 0 Å². The van der Waals surface area contributed by atoms with Gasteiger partial charge in [-0.1, -0.05) is 0 Å². The first kappa shape index (κ1) is 20.0. The third-order valence-corrected chi connectivity index (χ3v) is 2.87. The molecule has 0 radical (unpaired) electrons. The van der Waals surface area contributed by atoms with Crippen LogP contribution in [0.3, 0.4) is 0 Å². The summed E-state index contributed by atoms with van der Waals surface area (Å²) in [6, 6.07) is 3.21. The van der Waals surface area contributed by atoms with Crippen LogP contribution in [0.25, 0.3) is 0 Å². The fourth-order valence-electron chi connectivity index (χ4n) is 1.68. The number of anilines is 1. The van der Waals surface area contributed by atoms with E-state index in [0.29, 0.717) is 6.08 Å². The number of alkyl halides is 3. The van der Waals surface area contributed by atoms with E-state index >= 15 is 0 Å². The number of halogens is 3. The molecule has 136 valence electrons. The van der Waals surface area contributed by atoms with Gasteiger partial charge in [0.05, 0.1) is 38.7 Å². The minimum absolute atomic E-state index is 0.00489. The molecule has 0 fully saturated rings. The van der Waals surface area contributed by atoms with Crippen molar-refractivity contribution in [2.75, 3.05) is 26.6 Å². The highest BCUT2D eigenvalue weighted by molar-refractivity contribution is 6.07. The standard InChI is InChI=1S/C15H14F3NO6/c1-23-8-4-5-10(9(6-8)13(21)15(16,17)18)19-11(14(22)25-3)7-12(20)24-2/h4-7,19H,1-3H3/b11-7+. The summed E-state index contributed by atoms with van der Waals surface area (Å²) in [5.74, 6) is -4.16. The Morgan fingerprint density at radius 3 is 2.20 bits per heavy atom. The summed E-state index contributed by atoms with van der Waals surface area (Å²) < 4.78 is 51.9. The topological polar surface area (TPSA) is 90.9 Å². The van der Waals surface area contributed by atoms with Crippen molar-refractivity contribution in [3.05, 3.63) is 35.5 Å². The van der Waals surface area contributed by atoms with Gasteiger partial charge in [-0.05, 0) is 18.2 Å². The van der Waals surface area contributed by atoms with Gasteiger partial charge >= 0.3 is 18.1 Å². The minimum Gasteiger partial charge on any atom is -0.497 e. The van der Waals surface area contributed by atoms with Crippen LogP contribution < -0.4 is 10.1 Å². The van der Waals surface area contributed by atoms with Crippen molar-refractivity contribution >= 4 is 23.4 Å². The molecule has 10 heteroatoms. The molecule has 0 spiro atoms. The third kappa shape index (κ3) is 5.23. The van der Waals surface area contributed by atoms with Crippen molar-refractivity contribution in [2.45, 2.75) is 6.18 Å². The molecule has 1 rings (SSSR count). The maximum Gasteiger partial charge on any atom is 0.454 e. The van der Waals surface area contributed by atoms with Crippen LogP contribution in [0.4, 0.5) is 18.9 Å². The summed E-state index contributed by atoms with van der Waals surface area (Å²) in [6.45, 7) is 0. The Morgan fingerprint density at radius 1 is 1.08 bits per heavy atom. The van der Waals surface area contributed by atoms with Gasteiger partial charge in [-0.2, -0.15) is 13.2 Å². The number of methoxy groups -OCH3 is 3. The molecular weight excluding hydrogens is 347 g/mol. The SMILES string of the molecule is COC(=O)/C=C(/Nc1ccc(OC)cc1C(=O)C(F)(F)F)C(=O)OC. The van der Waals surface area contributed by atoms with Crippen molar-refractivity contribution in [2.24, 2.45) is 0 Å². The number of carbonyl (C=O) groups is 3. The van der Waals surface area contributed by atoms with Gasteiger partial charge in [0.1, 0.15) is 11.4 Å². The number of carbonyl (C=O) groups excluding carboxylic acids is 3. The van der Waals surface area contributed by atoms with E-state index in [4.69, 9.17) is 4.74 Å². The second-order valence-electron chi connectivity index (χ2n) is 4.44. The third-order valence-electron chi connectivity index (χ3n) is 2.87. The zero-order valence-electron chi connectivity index (χ0n) is 13.4. The lowest BCUT2D eigenvalue weighted by Crippen LogP contribution is -2.25. The Kier molecular flexibility index (Phi) is 6.54. The quantitative estimate of drug-likeness (QED) is 0.471. The van der Waals surface area contributed by atoms with Crippen LogP contribution in [0.1, 0.15) is 10.4 Å². The van der Waals surface area contributed by atoms with Crippen LogP contribution in [0.15, 0.2) is 30.0 Å². The molecule has 0 atom stereocenters. The summed E-state index contributed by atoms with van der Waals surface area (Å²) >= 11 is 0. The van der Waals surface area contributed by atoms with E-state index in [-0.39, 0.29) is 11.4 Å². The Balaban J connectivity index is 3.39. The van der Waals surface area contributed by atoms with Crippen LogP contribution in [0.5, 0.6) is 5.75 Å². The van der Waals surface area contributed by atoms with E-state index in [0.717, 1.165) is 26.4 Å². The summed E-state index contributed by atoms with van der Waals surface area (Å²) in [5.41, 5.74) is -1.69. The highest BCUT2D eigenvalue weighted by Crippen LogP contribution is 2.30. The predicted molar refractivity (Wildman–Crippen MR) is 79.1 cm³/mol. The smallest absolute Gasteiger partial charge is 0.454 e. The van der Waals surface area contributed by atoms with E-state index in [1.807, 2.05) is 0 Å². The van der Waals surface area contributed by atoms with Gasteiger partial charge < -0.3 is 19.5 Å². The van der Waals surface area contributed by atoms with Crippen LogP contribution >= 0.6 is 0 Å². The van der Waals surface area contributed by atoms with Crippen molar-refractivity contribution in [1.82, 2.24) is 0 Å². The summed E-state index contributed by atoms with van der Waals surface area (Å²) in [5, 5.41) is 2.28. The first-order chi connectivity index (χ1) is 11.6. The van der Waals surface area contributed by atoms with Crippen molar-refractivity contribution in [1.29, 1.82) is 0 Å². The number of esters is 2. The fourth-order valence-corrected chi connectivity index (χ4v) is 1.68. The lowest BCUT2D eigenvalue weighted by molar-refractivity contribution is -0.138. The first-order valence-electron chi connectivity index (χ1n) is 6.58. The Labute approximate surface area is 140 Å². The molecule has 1 aromatic rings. The van der Waals surface area contributed by atoms with E-state index in [2.05, 4.69) is 14.8 Å². The van der Waals surface area contributed by atoms with Crippen LogP contribution in [-0.4, -0.2) is 45.2 Å². The van der Waals surface area contributed by atoms with Crippen molar-refractivity contribution in [3.63, 3.8) is 0 Å². The number of hydrogen-bond acceptors (Lipinski definition) is 7. The molecule has 0 bridgehead atoms. The minimum atomic E-state index is -5.15. The van der Waals surface area contributed by atoms with Gasteiger partial charge in [0.2, 0.25) is 0 Å². The van der Waals surface area contributed by atoms with Crippen molar-refractivity contribution < 1.29 is 41.8 Å². The lowest BCUT2D eigenvalue weighted by Gasteiger charge is -2.15. The molecule has 0 aliphatic rings. The zero-order chi connectivity index (χ0) is 19.2. The van der Waals surface area contributed by atoms with E-state index in [1.165, 1.54) is 13.2 Å². The highest BCUT2D eigenvalue weighted by Gasteiger charge is 2.40. The number of Topliss-reactive ketones (excluding diaryl/α,β-unsaturated/α-hetero) is 1. The monoisotopic (exact) mass is 361 g/mol. The van der Waals surface area contributed by atoms with Crippen LogP contribution in [-0.2, 0) is 19.1 Å². The second kappa shape index (κ2) is 8.18.